The summed E-state index contributed by atoms with van der Waals surface area (Å²) in [6, 6.07) is 15.0. The molecule has 0 bridgehead atoms. The second kappa shape index (κ2) is 8.18. The Kier molecular flexibility index (Phi) is 5.51. The second-order valence-corrected chi connectivity index (χ2v) is 6.05. The number of nitrogens with zero attached hydrogens (tertiary/aromatic N) is 3. The molecule has 0 aliphatic rings. The van der Waals surface area contributed by atoms with Gasteiger partial charge in [0, 0.05) is 49.6 Å². The van der Waals surface area contributed by atoms with E-state index in [1.807, 2.05) is 49.3 Å². The Hall–Kier alpha value is -3.61. The Morgan fingerprint density at radius 2 is 1.70 bits per heavy atom. The van der Waals surface area contributed by atoms with Gasteiger partial charge in [-0.1, -0.05) is 6.07 Å². The van der Waals surface area contributed by atoms with Gasteiger partial charge < -0.3 is 20.3 Å². The molecule has 138 valence electrons. The van der Waals surface area contributed by atoms with Gasteiger partial charge in [-0.05, 0) is 36.4 Å². The van der Waals surface area contributed by atoms with Crippen molar-refractivity contribution >= 4 is 28.9 Å². The summed E-state index contributed by atoms with van der Waals surface area (Å²) >= 11 is 0. The van der Waals surface area contributed by atoms with Gasteiger partial charge in [-0.25, -0.2) is 9.97 Å². The highest BCUT2D eigenvalue weighted by Gasteiger charge is 2.08. The number of carbonyl (C=O) groups is 1. The molecule has 1 heterocycles. The number of benzene rings is 2. The molecule has 27 heavy (non-hydrogen) atoms. The van der Waals surface area contributed by atoms with Crippen molar-refractivity contribution in [2.75, 3.05) is 36.7 Å². The number of hydrogen-bond donors (Lipinski definition) is 2. The topological polar surface area (TPSA) is 79.4 Å². The van der Waals surface area contributed by atoms with Crippen molar-refractivity contribution in [3.8, 4) is 5.75 Å². The molecule has 0 saturated carbocycles. The number of aromatic nitrogens is 2. The van der Waals surface area contributed by atoms with Crippen LogP contribution in [-0.4, -0.2) is 37.1 Å². The summed E-state index contributed by atoms with van der Waals surface area (Å²) in [7, 11) is 5.55. The lowest BCUT2D eigenvalue weighted by Gasteiger charge is -2.13. The Labute approximate surface area is 158 Å². The van der Waals surface area contributed by atoms with Crippen LogP contribution in [-0.2, 0) is 0 Å². The first-order valence-corrected chi connectivity index (χ1v) is 8.37. The monoisotopic (exact) mass is 363 g/mol. The van der Waals surface area contributed by atoms with Crippen molar-refractivity contribution in [1.29, 1.82) is 0 Å². The fourth-order valence-electron chi connectivity index (χ4n) is 2.39. The van der Waals surface area contributed by atoms with Gasteiger partial charge in [0.15, 0.2) is 0 Å². The number of rotatable bonds is 6. The van der Waals surface area contributed by atoms with Crippen molar-refractivity contribution in [2.45, 2.75) is 0 Å². The molecule has 0 fully saturated rings. The maximum Gasteiger partial charge on any atom is 0.258 e. The highest BCUT2D eigenvalue weighted by molar-refractivity contribution is 6.04. The summed E-state index contributed by atoms with van der Waals surface area (Å²) < 4.78 is 5.15. The molecule has 2 aromatic carbocycles. The smallest absolute Gasteiger partial charge is 0.258 e. The first-order chi connectivity index (χ1) is 13.0. The minimum absolute atomic E-state index is 0.287. The molecule has 2 N–H and O–H groups in total. The fraction of sp³-hybridized carbons (Fsp3) is 0.150. The molecule has 0 aliphatic heterocycles. The number of amides is 1. The molecule has 0 aliphatic carbocycles. The molecule has 7 heteroatoms. The summed E-state index contributed by atoms with van der Waals surface area (Å²) in [5.74, 6) is 0.805. The summed E-state index contributed by atoms with van der Waals surface area (Å²) in [6.07, 6.45) is 2.97. The Morgan fingerprint density at radius 3 is 2.33 bits per heavy atom. The third kappa shape index (κ3) is 4.72. The van der Waals surface area contributed by atoms with E-state index in [9.17, 15) is 4.79 Å². The van der Waals surface area contributed by atoms with Crippen molar-refractivity contribution in [2.24, 2.45) is 0 Å². The minimum Gasteiger partial charge on any atom is -0.497 e. The van der Waals surface area contributed by atoms with Crippen molar-refractivity contribution in [3.63, 3.8) is 0 Å². The molecule has 0 radical (unpaired) electrons. The van der Waals surface area contributed by atoms with E-state index >= 15 is 0 Å². The number of hydrogen-bond acceptors (Lipinski definition) is 6. The lowest BCUT2D eigenvalue weighted by atomic mass is 10.2. The average molecular weight is 363 g/mol. The zero-order valence-corrected chi connectivity index (χ0v) is 15.4. The van der Waals surface area contributed by atoms with Crippen molar-refractivity contribution in [3.05, 3.63) is 66.5 Å². The third-order valence-corrected chi connectivity index (χ3v) is 3.88. The van der Waals surface area contributed by atoms with E-state index in [0.717, 1.165) is 11.4 Å². The summed E-state index contributed by atoms with van der Waals surface area (Å²) in [4.78, 5) is 22.8. The third-order valence-electron chi connectivity index (χ3n) is 3.88. The van der Waals surface area contributed by atoms with E-state index in [1.165, 1.54) is 12.4 Å². The first kappa shape index (κ1) is 18.2. The molecule has 1 aromatic heterocycles. The van der Waals surface area contributed by atoms with Crippen LogP contribution in [0.4, 0.5) is 23.0 Å². The minimum atomic E-state index is -0.287. The van der Waals surface area contributed by atoms with Gasteiger partial charge in [-0.3, -0.25) is 4.79 Å². The van der Waals surface area contributed by atoms with Gasteiger partial charge in [0.25, 0.3) is 5.91 Å². The van der Waals surface area contributed by atoms with E-state index in [4.69, 9.17) is 4.74 Å². The maximum atomic E-state index is 12.3. The van der Waals surface area contributed by atoms with Crippen LogP contribution in [0, 0.1) is 0 Å². The standard InChI is InChI=1S/C20H21N5O2/c1-25(2)17-9-7-15(8-10-17)24-20-21-12-14(13-22-20)19(26)23-16-5-4-6-18(11-16)27-3/h4-13H,1-3H3,(H,23,26)(H,21,22,24). The molecule has 3 rings (SSSR count). The Balaban J connectivity index is 1.64. The van der Waals surface area contributed by atoms with E-state index in [2.05, 4.69) is 20.6 Å². The fourth-order valence-corrected chi connectivity index (χ4v) is 2.39. The van der Waals surface area contributed by atoms with Crippen molar-refractivity contribution in [1.82, 2.24) is 9.97 Å². The SMILES string of the molecule is COc1cccc(NC(=O)c2cnc(Nc3ccc(N(C)C)cc3)nc2)c1. The van der Waals surface area contributed by atoms with Crippen LogP contribution in [0.15, 0.2) is 60.9 Å². The summed E-state index contributed by atoms with van der Waals surface area (Å²) in [5.41, 5.74) is 2.98. The van der Waals surface area contributed by atoms with Crippen LogP contribution in [0.2, 0.25) is 0 Å². The van der Waals surface area contributed by atoms with Gasteiger partial charge in [0.05, 0.1) is 12.7 Å². The number of carbonyl (C=O) groups excluding carboxylic acids is 1. The molecule has 0 spiro atoms. The molecule has 3 aromatic rings. The summed E-state index contributed by atoms with van der Waals surface area (Å²) in [5, 5.41) is 5.91. The van der Waals surface area contributed by atoms with Gasteiger partial charge in [-0.2, -0.15) is 0 Å². The Bertz CT molecular complexity index is 908. The first-order valence-electron chi connectivity index (χ1n) is 8.37. The predicted molar refractivity (Wildman–Crippen MR) is 107 cm³/mol. The van der Waals surface area contributed by atoms with Gasteiger partial charge in [0.1, 0.15) is 5.75 Å². The van der Waals surface area contributed by atoms with Crippen LogP contribution < -0.4 is 20.3 Å². The van der Waals surface area contributed by atoms with Crippen LogP contribution >= 0.6 is 0 Å². The zero-order valence-electron chi connectivity index (χ0n) is 15.4. The lowest BCUT2D eigenvalue weighted by molar-refractivity contribution is 0.102. The molecule has 0 atom stereocenters. The van der Waals surface area contributed by atoms with E-state index in [1.54, 1.807) is 25.3 Å². The zero-order chi connectivity index (χ0) is 19.2. The summed E-state index contributed by atoms with van der Waals surface area (Å²) in [6.45, 7) is 0. The number of ether oxygens (including phenoxy) is 1. The van der Waals surface area contributed by atoms with E-state index in [-0.39, 0.29) is 5.91 Å². The maximum absolute atomic E-state index is 12.3. The number of methoxy groups -OCH3 is 1. The Morgan fingerprint density at radius 1 is 1.00 bits per heavy atom. The largest absolute Gasteiger partial charge is 0.497 e. The quantitative estimate of drug-likeness (QED) is 0.697. The molecule has 1 amide bonds. The predicted octanol–water partition coefficient (Wildman–Crippen LogP) is 3.55. The van der Waals surface area contributed by atoms with E-state index in [0.29, 0.717) is 22.9 Å². The van der Waals surface area contributed by atoms with Crippen molar-refractivity contribution < 1.29 is 9.53 Å². The highest BCUT2D eigenvalue weighted by Crippen LogP contribution is 2.19. The molecule has 0 saturated heterocycles. The molecule has 7 nitrogen and oxygen atoms in total. The van der Waals surface area contributed by atoms with Gasteiger partial charge in [-0.15, -0.1) is 0 Å². The molecular weight excluding hydrogens is 342 g/mol. The molecule has 0 unspecified atom stereocenters. The van der Waals surface area contributed by atoms with Crippen LogP contribution in [0.5, 0.6) is 5.75 Å². The molecular formula is C20H21N5O2. The van der Waals surface area contributed by atoms with Crippen LogP contribution in [0.3, 0.4) is 0 Å². The van der Waals surface area contributed by atoms with Crippen LogP contribution in [0.1, 0.15) is 10.4 Å². The van der Waals surface area contributed by atoms with Gasteiger partial charge in [0.2, 0.25) is 5.95 Å². The average Bonchev–Trinajstić information content (AvgIpc) is 2.69. The van der Waals surface area contributed by atoms with E-state index < -0.39 is 0 Å². The lowest BCUT2D eigenvalue weighted by Crippen LogP contribution is -2.13. The van der Waals surface area contributed by atoms with Gasteiger partial charge >= 0.3 is 0 Å². The van der Waals surface area contributed by atoms with Crippen LogP contribution in [0.25, 0.3) is 0 Å². The number of nitrogens with one attached hydrogen (secondary N) is 2. The second-order valence-electron chi connectivity index (χ2n) is 6.05. The normalized spacial score (nSPS) is 10.2. The number of anilines is 4. The highest BCUT2D eigenvalue weighted by atomic mass is 16.5.